The first-order chi connectivity index (χ1) is 8.63. The lowest BCUT2D eigenvalue weighted by Gasteiger charge is -2.10. The van der Waals surface area contributed by atoms with Crippen LogP contribution in [0.5, 0.6) is 5.75 Å². The maximum Gasteiger partial charge on any atom is 0.176 e. The number of hydrogen-bond acceptors (Lipinski definition) is 6. The third-order valence-electron chi connectivity index (χ3n) is 3.00. The van der Waals surface area contributed by atoms with E-state index in [4.69, 9.17) is 15.2 Å². The number of ether oxygens (including phenoxy) is 2. The number of ketones is 1. The summed E-state index contributed by atoms with van der Waals surface area (Å²) in [5.74, 6) is 1.05. The van der Waals surface area contributed by atoms with Gasteiger partial charge in [0.2, 0.25) is 0 Å². The summed E-state index contributed by atoms with van der Waals surface area (Å²) >= 11 is 1.35. The van der Waals surface area contributed by atoms with Crippen LogP contribution in [0.4, 0.5) is 10.7 Å². The Bertz CT molecular complexity index is 439. The fourth-order valence-electron chi connectivity index (χ4n) is 1.99. The second-order valence-electron chi connectivity index (χ2n) is 4.37. The Kier molecular flexibility index (Phi) is 4.08. The fourth-order valence-corrected chi connectivity index (χ4v) is 2.98. The van der Waals surface area contributed by atoms with Crippen LogP contribution in [0.15, 0.2) is 0 Å². The van der Waals surface area contributed by atoms with Gasteiger partial charge in [-0.2, -0.15) is 0 Å². The van der Waals surface area contributed by atoms with Crippen molar-refractivity contribution in [2.75, 3.05) is 37.9 Å². The van der Waals surface area contributed by atoms with E-state index in [1.807, 2.05) is 0 Å². The molecule has 0 bridgehead atoms. The number of Topliss-reactive ketones (excluding diaryl/α,β-unsaturated/α-hetero) is 1. The molecule has 5 nitrogen and oxygen atoms in total. The number of carbonyl (C=O) groups excluding carboxylic acids is 1. The molecule has 1 aromatic heterocycles. The molecule has 0 radical (unpaired) electrons. The molecule has 0 amide bonds. The molecule has 1 aromatic rings. The first-order valence-electron chi connectivity index (χ1n) is 5.92. The molecule has 0 spiro atoms. The molecule has 0 aromatic carbocycles. The van der Waals surface area contributed by atoms with Crippen LogP contribution in [0.2, 0.25) is 0 Å². The van der Waals surface area contributed by atoms with Crippen LogP contribution in [0.3, 0.4) is 0 Å². The average molecular weight is 270 g/mol. The van der Waals surface area contributed by atoms with E-state index in [0.717, 1.165) is 31.2 Å². The molecular weight excluding hydrogens is 252 g/mol. The second kappa shape index (κ2) is 5.58. The van der Waals surface area contributed by atoms with Gasteiger partial charge in [-0.05, 0) is 6.42 Å². The number of nitrogen functional groups attached to an aromatic ring is 1. The number of thiophene rings is 1. The molecule has 1 aliphatic heterocycles. The van der Waals surface area contributed by atoms with Crippen molar-refractivity contribution < 1.29 is 14.3 Å². The molecule has 2 rings (SSSR count). The molecular formula is C12H18N2O3S. The first-order valence-corrected chi connectivity index (χ1v) is 6.74. The van der Waals surface area contributed by atoms with Crippen LogP contribution in [0, 0.1) is 5.92 Å². The minimum atomic E-state index is -0.0342. The number of hydrogen-bond donors (Lipinski definition) is 2. The van der Waals surface area contributed by atoms with Gasteiger partial charge in [0, 0.05) is 26.0 Å². The van der Waals surface area contributed by atoms with Crippen LogP contribution < -0.4 is 15.8 Å². The topological polar surface area (TPSA) is 73.6 Å². The lowest BCUT2D eigenvalue weighted by molar-refractivity contribution is 0.102. The molecule has 1 unspecified atom stereocenters. The predicted octanol–water partition coefficient (Wildman–Crippen LogP) is 1.99. The first kappa shape index (κ1) is 13.2. The Morgan fingerprint density at radius 2 is 2.44 bits per heavy atom. The minimum absolute atomic E-state index is 0.0342. The van der Waals surface area contributed by atoms with Crippen LogP contribution in [0.1, 0.15) is 23.0 Å². The molecule has 0 aliphatic carbocycles. The zero-order valence-electron chi connectivity index (χ0n) is 10.6. The highest BCUT2D eigenvalue weighted by Gasteiger charge is 2.21. The summed E-state index contributed by atoms with van der Waals surface area (Å²) in [6.07, 6.45) is 1.07. The third kappa shape index (κ3) is 2.59. The fraction of sp³-hybridized carbons (Fsp3) is 0.583. The van der Waals surface area contributed by atoms with E-state index in [1.54, 1.807) is 7.11 Å². The van der Waals surface area contributed by atoms with Crippen molar-refractivity contribution >= 4 is 27.8 Å². The summed E-state index contributed by atoms with van der Waals surface area (Å²) in [6.45, 7) is 3.94. The lowest BCUT2D eigenvalue weighted by atomic mass is 10.1. The summed E-state index contributed by atoms with van der Waals surface area (Å²) in [5.41, 5.74) is 6.33. The molecule has 18 heavy (non-hydrogen) atoms. The van der Waals surface area contributed by atoms with Gasteiger partial charge >= 0.3 is 0 Å². The van der Waals surface area contributed by atoms with Crippen molar-refractivity contribution in [2.24, 2.45) is 5.92 Å². The van der Waals surface area contributed by atoms with Gasteiger partial charge in [0.1, 0.15) is 5.00 Å². The molecule has 0 saturated carbocycles. The predicted molar refractivity (Wildman–Crippen MR) is 72.7 cm³/mol. The normalized spacial score (nSPS) is 18.9. The number of rotatable bonds is 5. The Labute approximate surface area is 110 Å². The average Bonchev–Trinajstić information content (AvgIpc) is 2.93. The Morgan fingerprint density at radius 1 is 1.67 bits per heavy atom. The van der Waals surface area contributed by atoms with Crippen molar-refractivity contribution in [3.05, 3.63) is 4.88 Å². The van der Waals surface area contributed by atoms with Crippen molar-refractivity contribution in [1.29, 1.82) is 0 Å². The Balaban J connectivity index is 2.10. The van der Waals surface area contributed by atoms with Crippen molar-refractivity contribution in [2.45, 2.75) is 13.3 Å². The monoisotopic (exact) mass is 270 g/mol. The standard InChI is InChI=1S/C12H18N2O3S/c1-7(15)11-9(13)10(16-2)12(18-11)14-5-8-3-4-17-6-8/h8,14H,3-6,13H2,1-2H3. The van der Waals surface area contributed by atoms with Gasteiger partial charge in [-0.15, -0.1) is 11.3 Å². The highest BCUT2D eigenvalue weighted by Crippen LogP contribution is 2.42. The van der Waals surface area contributed by atoms with E-state index in [2.05, 4.69) is 5.32 Å². The number of carbonyl (C=O) groups is 1. The third-order valence-corrected chi connectivity index (χ3v) is 4.24. The van der Waals surface area contributed by atoms with E-state index >= 15 is 0 Å². The van der Waals surface area contributed by atoms with E-state index in [-0.39, 0.29) is 5.78 Å². The van der Waals surface area contributed by atoms with Gasteiger partial charge in [0.15, 0.2) is 11.5 Å². The largest absolute Gasteiger partial charge is 0.492 e. The maximum absolute atomic E-state index is 11.4. The summed E-state index contributed by atoms with van der Waals surface area (Å²) in [7, 11) is 1.56. The van der Waals surface area contributed by atoms with Crippen LogP contribution in [-0.4, -0.2) is 32.7 Å². The molecule has 2 heterocycles. The van der Waals surface area contributed by atoms with Gasteiger partial charge in [0.05, 0.1) is 24.3 Å². The Hall–Kier alpha value is -1.27. The number of nitrogens with one attached hydrogen (secondary N) is 1. The van der Waals surface area contributed by atoms with Crippen molar-refractivity contribution in [1.82, 2.24) is 0 Å². The summed E-state index contributed by atoms with van der Waals surface area (Å²) in [4.78, 5) is 12.0. The van der Waals surface area contributed by atoms with E-state index < -0.39 is 0 Å². The molecule has 100 valence electrons. The van der Waals surface area contributed by atoms with E-state index in [0.29, 0.717) is 22.2 Å². The van der Waals surface area contributed by atoms with Gasteiger partial charge in [-0.1, -0.05) is 0 Å². The van der Waals surface area contributed by atoms with Gasteiger partial charge in [-0.25, -0.2) is 0 Å². The smallest absolute Gasteiger partial charge is 0.176 e. The quantitative estimate of drug-likeness (QED) is 0.800. The maximum atomic E-state index is 11.4. The zero-order chi connectivity index (χ0) is 13.1. The van der Waals surface area contributed by atoms with Crippen LogP contribution in [0.25, 0.3) is 0 Å². The molecule has 1 saturated heterocycles. The highest BCUT2D eigenvalue weighted by atomic mass is 32.1. The number of methoxy groups -OCH3 is 1. The molecule has 1 atom stereocenters. The lowest BCUT2D eigenvalue weighted by Crippen LogP contribution is -2.13. The van der Waals surface area contributed by atoms with Gasteiger partial charge in [0.25, 0.3) is 0 Å². The van der Waals surface area contributed by atoms with Gasteiger partial charge < -0.3 is 20.5 Å². The second-order valence-corrected chi connectivity index (χ2v) is 5.39. The molecule has 1 fully saturated rings. The summed E-state index contributed by atoms with van der Waals surface area (Å²) < 4.78 is 10.6. The summed E-state index contributed by atoms with van der Waals surface area (Å²) in [6, 6.07) is 0. The van der Waals surface area contributed by atoms with Crippen LogP contribution >= 0.6 is 11.3 Å². The summed E-state index contributed by atoms with van der Waals surface area (Å²) in [5, 5.41) is 4.13. The van der Waals surface area contributed by atoms with Gasteiger partial charge in [-0.3, -0.25) is 4.79 Å². The Morgan fingerprint density at radius 3 is 3.00 bits per heavy atom. The van der Waals surface area contributed by atoms with Crippen LogP contribution in [-0.2, 0) is 4.74 Å². The van der Waals surface area contributed by atoms with E-state index in [1.165, 1.54) is 18.3 Å². The highest BCUT2D eigenvalue weighted by molar-refractivity contribution is 7.19. The van der Waals surface area contributed by atoms with Crippen molar-refractivity contribution in [3.8, 4) is 5.75 Å². The molecule has 6 heteroatoms. The number of nitrogens with two attached hydrogens (primary N) is 1. The molecule has 1 aliphatic rings. The van der Waals surface area contributed by atoms with E-state index in [9.17, 15) is 4.79 Å². The zero-order valence-corrected chi connectivity index (χ0v) is 11.4. The molecule has 3 N–H and O–H groups in total. The minimum Gasteiger partial charge on any atom is -0.492 e. The SMILES string of the molecule is COc1c(NCC2CCOC2)sc(C(C)=O)c1N. The number of anilines is 2. The van der Waals surface area contributed by atoms with Crippen molar-refractivity contribution in [3.63, 3.8) is 0 Å².